The first-order valence-electron chi connectivity index (χ1n) is 8.11. The lowest BCUT2D eigenvalue weighted by molar-refractivity contribution is -0.129. The number of benzene rings is 2. The lowest BCUT2D eigenvalue weighted by Crippen LogP contribution is -2.41. The van der Waals surface area contributed by atoms with E-state index < -0.39 is 21.3 Å². The number of nitrogens with zero attached hydrogens (tertiary/aromatic N) is 1. The summed E-state index contributed by atoms with van der Waals surface area (Å²) in [6.45, 7) is -0.0669. The van der Waals surface area contributed by atoms with Gasteiger partial charge in [0, 0.05) is 13.0 Å². The number of hydrogen-bond donors (Lipinski definition) is 3. The summed E-state index contributed by atoms with van der Waals surface area (Å²) in [5.74, 6) is -0.828. The second-order valence-electron chi connectivity index (χ2n) is 5.81. The molecule has 2 N–H and O–H groups in total. The molecule has 0 aliphatic carbocycles. The molecule has 8 heteroatoms. The van der Waals surface area contributed by atoms with E-state index in [9.17, 15) is 13.2 Å². The minimum absolute atomic E-state index is 0.0669. The van der Waals surface area contributed by atoms with E-state index in [0.29, 0.717) is 12.0 Å². The van der Waals surface area contributed by atoms with E-state index in [2.05, 4.69) is 12.6 Å². The molecular weight excluding hydrogens is 372 g/mol. The molecule has 26 heavy (non-hydrogen) atoms. The lowest BCUT2D eigenvalue weighted by atomic mass is 10.1. The summed E-state index contributed by atoms with van der Waals surface area (Å²) in [7, 11) is -3.70. The Morgan fingerprint density at radius 1 is 1.04 bits per heavy atom. The van der Waals surface area contributed by atoms with Crippen molar-refractivity contribution >= 4 is 28.6 Å². The van der Waals surface area contributed by atoms with E-state index in [4.69, 9.17) is 5.21 Å². The molecule has 2 aromatic carbocycles. The van der Waals surface area contributed by atoms with Crippen molar-refractivity contribution < 1.29 is 18.4 Å². The van der Waals surface area contributed by atoms with Crippen molar-refractivity contribution in [3.63, 3.8) is 0 Å². The lowest BCUT2D eigenvalue weighted by Gasteiger charge is -2.27. The van der Waals surface area contributed by atoms with Crippen molar-refractivity contribution in [2.45, 2.75) is 24.0 Å². The molecule has 2 rings (SSSR count). The van der Waals surface area contributed by atoms with Crippen LogP contribution >= 0.6 is 12.6 Å². The molecule has 0 radical (unpaired) electrons. The van der Waals surface area contributed by atoms with Crippen LogP contribution < -0.4 is 5.48 Å². The maximum Gasteiger partial charge on any atom is 0.244 e. The van der Waals surface area contributed by atoms with Gasteiger partial charge >= 0.3 is 0 Å². The first-order valence-corrected chi connectivity index (χ1v) is 10.2. The number of amides is 1. The molecule has 0 aliphatic rings. The summed E-state index contributed by atoms with van der Waals surface area (Å²) >= 11 is 4.48. The minimum Gasteiger partial charge on any atom is -0.289 e. The van der Waals surface area contributed by atoms with Gasteiger partial charge in [-0.3, -0.25) is 10.0 Å². The summed E-state index contributed by atoms with van der Waals surface area (Å²) in [5, 5.41) is 8.05. The third-order valence-corrected chi connectivity index (χ3v) is 6.29. The first-order chi connectivity index (χ1) is 12.4. The highest BCUT2D eigenvalue weighted by Gasteiger charge is 2.28. The van der Waals surface area contributed by atoms with Crippen molar-refractivity contribution in [1.82, 2.24) is 9.79 Å². The fourth-order valence-corrected chi connectivity index (χ4v) is 4.89. The quantitative estimate of drug-likeness (QED) is 0.263. The van der Waals surface area contributed by atoms with Crippen LogP contribution in [-0.2, 0) is 27.0 Å². The molecule has 1 unspecified atom stereocenters. The third-order valence-electron chi connectivity index (χ3n) is 3.83. The Hall–Kier alpha value is -1.87. The van der Waals surface area contributed by atoms with Crippen molar-refractivity contribution in [1.29, 1.82) is 0 Å². The standard InChI is InChI=1S/C18H22N2O4S2/c21-17(19-22)11-12-20(18(25)13-15-7-3-1-4-8-15)26(23,24)14-16-9-5-2-6-10-16/h1-10,18,22,25H,11-14H2,(H,19,21). The van der Waals surface area contributed by atoms with Gasteiger partial charge in [0.25, 0.3) is 0 Å². The molecular formula is C18H22N2O4S2. The van der Waals surface area contributed by atoms with Crippen LogP contribution in [0, 0.1) is 0 Å². The van der Waals surface area contributed by atoms with Crippen molar-refractivity contribution in [2.24, 2.45) is 0 Å². The van der Waals surface area contributed by atoms with Crippen LogP contribution in [0.25, 0.3) is 0 Å². The van der Waals surface area contributed by atoms with E-state index in [-0.39, 0.29) is 18.7 Å². The molecule has 0 fully saturated rings. The highest BCUT2D eigenvalue weighted by Crippen LogP contribution is 2.20. The smallest absolute Gasteiger partial charge is 0.244 e. The number of hydrogen-bond acceptors (Lipinski definition) is 5. The molecule has 2 aromatic rings. The number of rotatable bonds is 9. The fraction of sp³-hybridized carbons (Fsp3) is 0.278. The van der Waals surface area contributed by atoms with Gasteiger partial charge in [-0.2, -0.15) is 16.9 Å². The Morgan fingerprint density at radius 3 is 2.12 bits per heavy atom. The van der Waals surface area contributed by atoms with Gasteiger partial charge in [0.1, 0.15) is 0 Å². The van der Waals surface area contributed by atoms with Gasteiger partial charge in [0.05, 0.1) is 11.1 Å². The largest absolute Gasteiger partial charge is 0.289 e. The highest BCUT2D eigenvalue weighted by molar-refractivity contribution is 7.89. The number of sulfonamides is 1. The molecule has 0 saturated carbocycles. The summed E-state index contributed by atoms with van der Waals surface area (Å²) in [4.78, 5) is 11.4. The molecule has 0 spiro atoms. The van der Waals surface area contributed by atoms with Crippen LogP contribution in [0.5, 0.6) is 0 Å². The van der Waals surface area contributed by atoms with Crippen LogP contribution in [0.15, 0.2) is 60.7 Å². The molecule has 0 bridgehead atoms. The topological polar surface area (TPSA) is 86.7 Å². The minimum atomic E-state index is -3.70. The Balaban J connectivity index is 2.19. The zero-order chi connectivity index (χ0) is 19.0. The van der Waals surface area contributed by atoms with E-state index in [1.165, 1.54) is 9.79 Å². The van der Waals surface area contributed by atoms with Crippen molar-refractivity contribution in [3.05, 3.63) is 71.8 Å². The van der Waals surface area contributed by atoms with Crippen LogP contribution in [0.2, 0.25) is 0 Å². The predicted octanol–water partition coefficient (Wildman–Crippen LogP) is 2.21. The molecule has 6 nitrogen and oxygen atoms in total. The van der Waals surface area contributed by atoms with E-state index >= 15 is 0 Å². The van der Waals surface area contributed by atoms with E-state index in [1.807, 2.05) is 36.4 Å². The average Bonchev–Trinajstić information content (AvgIpc) is 2.62. The van der Waals surface area contributed by atoms with Crippen LogP contribution in [0.3, 0.4) is 0 Å². The number of thiol groups is 1. The van der Waals surface area contributed by atoms with Gasteiger partial charge < -0.3 is 0 Å². The summed E-state index contributed by atoms with van der Waals surface area (Å²) in [6, 6.07) is 18.3. The molecule has 140 valence electrons. The van der Waals surface area contributed by atoms with E-state index in [1.54, 1.807) is 24.3 Å². The first kappa shape index (κ1) is 20.4. The predicted molar refractivity (Wildman–Crippen MR) is 103 cm³/mol. The number of carbonyl (C=O) groups excluding carboxylic acids is 1. The van der Waals surface area contributed by atoms with Gasteiger partial charge in [-0.05, 0) is 17.5 Å². The Kier molecular flexibility index (Phi) is 7.65. The zero-order valence-electron chi connectivity index (χ0n) is 14.2. The molecule has 1 amide bonds. The van der Waals surface area contributed by atoms with Crippen LogP contribution in [0.4, 0.5) is 0 Å². The summed E-state index contributed by atoms with van der Waals surface area (Å²) < 4.78 is 27.0. The molecule has 1 atom stereocenters. The third kappa shape index (κ3) is 6.14. The molecule has 0 aliphatic heterocycles. The van der Waals surface area contributed by atoms with Gasteiger partial charge in [-0.1, -0.05) is 60.7 Å². The van der Waals surface area contributed by atoms with Crippen molar-refractivity contribution in [3.8, 4) is 0 Å². The SMILES string of the molecule is O=C(CCN(C(S)Cc1ccccc1)S(=O)(=O)Cc1ccccc1)NO. The average molecular weight is 395 g/mol. The van der Waals surface area contributed by atoms with Crippen molar-refractivity contribution in [2.75, 3.05) is 6.54 Å². The van der Waals surface area contributed by atoms with E-state index in [0.717, 1.165) is 5.56 Å². The second kappa shape index (κ2) is 9.72. The second-order valence-corrected chi connectivity index (χ2v) is 8.33. The normalized spacial score (nSPS) is 12.7. The molecule has 0 aromatic heterocycles. The maximum atomic E-state index is 12.9. The summed E-state index contributed by atoms with van der Waals surface area (Å²) in [6.07, 6.45) is 0.245. The Labute approximate surface area is 159 Å². The van der Waals surface area contributed by atoms with Gasteiger partial charge in [-0.25, -0.2) is 13.9 Å². The van der Waals surface area contributed by atoms with Crippen LogP contribution in [-0.4, -0.2) is 35.8 Å². The number of carbonyl (C=O) groups is 1. The van der Waals surface area contributed by atoms with Gasteiger partial charge in [0.2, 0.25) is 15.9 Å². The van der Waals surface area contributed by atoms with Gasteiger partial charge in [-0.15, -0.1) is 0 Å². The zero-order valence-corrected chi connectivity index (χ0v) is 15.9. The van der Waals surface area contributed by atoms with Crippen LogP contribution in [0.1, 0.15) is 17.5 Å². The fourth-order valence-electron chi connectivity index (χ4n) is 2.54. The van der Waals surface area contributed by atoms with Gasteiger partial charge in [0.15, 0.2) is 0 Å². The number of hydroxylamine groups is 1. The highest BCUT2D eigenvalue weighted by atomic mass is 32.2. The molecule has 0 heterocycles. The Bertz CT molecular complexity index is 798. The maximum absolute atomic E-state index is 12.9. The molecule has 0 saturated heterocycles. The number of nitrogens with one attached hydrogen (secondary N) is 1. The summed E-state index contributed by atoms with van der Waals surface area (Å²) in [5.41, 5.74) is 3.13. The monoisotopic (exact) mass is 394 g/mol. The Morgan fingerprint density at radius 2 is 1.58 bits per heavy atom.